The number of aliphatic hydroxyl groups excluding tert-OH is 1. The first kappa shape index (κ1) is 21.4. The highest BCUT2D eigenvalue weighted by Gasteiger charge is 2.46. The molecule has 2 fully saturated rings. The van der Waals surface area contributed by atoms with E-state index in [1.54, 1.807) is 36.4 Å². The lowest BCUT2D eigenvalue weighted by atomic mass is 9.95. The molecule has 162 valence electrons. The van der Waals surface area contributed by atoms with Gasteiger partial charge >= 0.3 is 0 Å². The molecule has 2 heterocycles. The predicted octanol–water partition coefficient (Wildman–Crippen LogP) is 2.80. The summed E-state index contributed by atoms with van der Waals surface area (Å²) >= 11 is 5.94. The molecule has 2 N–H and O–H groups in total. The van der Waals surface area contributed by atoms with Crippen molar-refractivity contribution < 1.29 is 24.5 Å². The second kappa shape index (κ2) is 9.09. The number of carbonyl (C=O) groups is 2. The fourth-order valence-corrected chi connectivity index (χ4v) is 4.08. The normalized spacial score (nSPS) is 21.6. The van der Waals surface area contributed by atoms with Gasteiger partial charge in [-0.05, 0) is 42.0 Å². The maximum atomic E-state index is 13.0. The van der Waals surface area contributed by atoms with Crippen LogP contribution in [0.3, 0.4) is 0 Å². The first-order valence-electron chi connectivity index (χ1n) is 10.1. The quantitative estimate of drug-likeness (QED) is 0.420. The molecule has 2 saturated heterocycles. The number of ether oxygens (including phenoxy) is 1. The molecule has 1 unspecified atom stereocenters. The molecule has 31 heavy (non-hydrogen) atoms. The molecule has 0 spiro atoms. The third-order valence-electron chi connectivity index (χ3n) is 5.63. The van der Waals surface area contributed by atoms with Crippen LogP contribution in [-0.4, -0.2) is 71.1 Å². The van der Waals surface area contributed by atoms with Crippen molar-refractivity contribution in [2.45, 2.75) is 6.04 Å². The number of phenols is 1. The van der Waals surface area contributed by atoms with Gasteiger partial charge in [0, 0.05) is 36.8 Å². The van der Waals surface area contributed by atoms with Gasteiger partial charge in [0.1, 0.15) is 11.5 Å². The van der Waals surface area contributed by atoms with Crippen LogP contribution in [0, 0.1) is 0 Å². The van der Waals surface area contributed by atoms with E-state index in [0.717, 1.165) is 13.1 Å². The fourth-order valence-electron chi connectivity index (χ4n) is 3.95. The molecule has 8 heteroatoms. The first-order valence-corrected chi connectivity index (χ1v) is 10.5. The van der Waals surface area contributed by atoms with Crippen molar-refractivity contribution in [3.8, 4) is 5.75 Å². The van der Waals surface area contributed by atoms with Crippen LogP contribution in [-0.2, 0) is 14.3 Å². The van der Waals surface area contributed by atoms with Crippen LogP contribution in [0.1, 0.15) is 17.2 Å². The number of carbonyl (C=O) groups excluding carboxylic acids is 2. The molecular weight excluding hydrogens is 420 g/mol. The van der Waals surface area contributed by atoms with Gasteiger partial charge < -0.3 is 19.8 Å². The van der Waals surface area contributed by atoms with E-state index in [4.69, 9.17) is 16.3 Å². The van der Waals surface area contributed by atoms with Crippen molar-refractivity contribution in [1.29, 1.82) is 0 Å². The summed E-state index contributed by atoms with van der Waals surface area (Å²) in [5.41, 5.74) is 1.06. The highest BCUT2D eigenvalue weighted by molar-refractivity contribution is 6.46. The smallest absolute Gasteiger partial charge is 0.295 e. The Bertz CT molecular complexity index is 998. The topological polar surface area (TPSA) is 90.3 Å². The molecule has 2 aliphatic rings. The minimum Gasteiger partial charge on any atom is -0.508 e. The molecule has 0 radical (unpaired) electrons. The fraction of sp³-hybridized carbons (Fsp3) is 0.304. The summed E-state index contributed by atoms with van der Waals surface area (Å²) in [4.78, 5) is 29.6. The standard InChI is InChI=1S/C23H23ClN2O5/c24-17-5-1-16(2-6-17)21(28)19-20(15-3-7-18(27)8-4-15)26(23(30)22(19)29)10-9-25-11-13-31-14-12-25/h1-8,20,27-28H,9-14H2/b21-19-. The molecule has 0 aliphatic carbocycles. The van der Waals surface area contributed by atoms with E-state index in [2.05, 4.69) is 4.90 Å². The number of aliphatic hydroxyl groups is 1. The maximum Gasteiger partial charge on any atom is 0.295 e. The Morgan fingerprint density at radius 1 is 1.00 bits per heavy atom. The lowest BCUT2D eigenvalue weighted by Crippen LogP contribution is -2.42. The van der Waals surface area contributed by atoms with E-state index in [-0.39, 0.29) is 17.1 Å². The summed E-state index contributed by atoms with van der Waals surface area (Å²) in [6.45, 7) is 3.71. The van der Waals surface area contributed by atoms with Crippen LogP contribution >= 0.6 is 11.6 Å². The van der Waals surface area contributed by atoms with E-state index < -0.39 is 17.7 Å². The van der Waals surface area contributed by atoms with E-state index in [1.165, 1.54) is 17.0 Å². The molecule has 0 bridgehead atoms. The molecule has 0 saturated carbocycles. The van der Waals surface area contributed by atoms with Crippen LogP contribution in [0.5, 0.6) is 5.75 Å². The maximum absolute atomic E-state index is 13.0. The van der Waals surface area contributed by atoms with Gasteiger partial charge in [0.2, 0.25) is 0 Å². The number of rotatable bonds is 5. The second-order valence-electron chi connectivity index (χ2n) is 7.54. The predicted molar refractivity (Wildman–Crippen MR) is 116 cm³/mol. The molecule has 2 aromatic carbocycles. The Balaban J connectivity index is 1.72. The molecule has 2 aliphatic heterocycles. The Morgan fingerprint density at radius 3 is 2.29 bits per heavy atom. The SMILES string of the molecule is O=C1C(=O)N(CCN2CCOCC2)C(c2ccc(O)cc2)/C1=C(/O)c1ccc(Cl)cc1. The van der Waals surface area contributed by atoms with Gasteiger partial charge in [-0.2, -0.15) is 0 Å². The zero-order chi connectivity index (χ0) is 22.0. The van der Waals surface area contributed by atoms with Gasteiger partial charge in [0.25, 0.3) is 11.7 Å². The molecule has 1 amide bonds. The van der Waals surface area contributed by atoms with E-state index >= 15 is 0 Å². The summed E-state index contributed by atoms with van der Waals surface area (Å²) < 4.78 is 5.37. The number of phenolic OH excluding ortho intramolecular Hbond substituents is 1. The first-order chi connectivity index (χ1) is 15.0. The van der Waals surface area contributed by atoms with Crippen molar-refractivity contribution in [3.05, 3.63) is 70.3 Å². The monoisotopic (exact) mass is 442 g/mol. The van der Waals surface area contributed by atoms with Crippen molar-refractivity contribution in [1.82, 2.24) is 9.80 Å². The average molecular weight is 443 g/mol. The van der Waals surface area contributed by atoms with Gasteiger partial charge in [-0.15, -0.1) is 0 Å². The van der Waals surface area contributed by atoms with Crippen molar-refractivity contribution in [3.63, 3.8) is 0 Å². The van der Waals surface area contributed by atoms with Gasteiger partial charge in [-0.1, -0.05) is 23.7 Å². The second-order valence-corrected chi connectivity index (χ2v) is 7.98. The van der Waals surface area contributed by atoms with E-state index in [1.807, 2.05) is 0 Å². The van der Waals surface area contributed by atoms with Crippen LogP contribution in [0.15, 0.2) is 54.1 Å². The molecule has 2 aromatic rings. The number of nitrogens with zero attached hydrogens (tertiary/aromatic N) is 2. The van der Waals surface area contributed by atoms with Gasteiger partial charge in [-0.25, -0.2) is 0 Å². The highest BCUT2D eigenvalue weighted by atomic mass is 35.5. The Hall–Kier alpha value is -2.87. The number of hydrogen-bond donors (Lipinski definition) is 2. The van der Waals surface area contributed by atoms with Crippen LogP contribution in [0.2, 0.25) is 5.02 Å². The summed E-state index contributed by atoms with van der Waals surface area (Å²) in [6.07, 6.45) is 0. The minimum absolute atomic E-state index is 0.0278. The van der Waals surface area contributed by atoms with Crippen LogP contribution in [0.4, 0.5) is 0 Å². The summed E-state index contributed by atoms with van der Waals surface area (Å²) in [5.74, 6) is -1.55. The molecule has 7 nitrogen and oxygen atoms in total. The highest BCUT2D eigenvalue weighted by Crippen LogP contribution is 2.39. The molecule has 0 aromatic heterocycles. The van der Waals surface area contributed by atoms with Crippen LogP contribution in [0.25, 0.3) is 5.76 Å². The third-order valence-corrected chi connectivity index (χ3v) is 5.88. The number of Topliss-reactive ketones (excluding diaryl/α,β-unsaturated/α-hetero) is 1. The third kappa shape index (κ3) is 4.44. The molecular formula is C23H23ClN2O5. The number of hydrogen-bond acceptors (Lipinski definition) is 6. The number of likely N-dealkylation sites (tertiary alicyclic amines) is 1. The van der Waals surface area contributed by atoms with Gasteiger partial charge in [-0.3, -0.25) is 14.5 Å². The van der Waals surface area contributed by atoms with Crippen molar-refractivity contribution in [2.24, 2.45) is 0 Å². The van der Waals surface area contributed by atoms with Gasteiger partial charge in [0.15, 0.2) is 0 Å². The van der Waals surface area contributed by atoms with E-state index in [9.17, 15) is 19.8 Å². The molecule has 4 rings (SSSR count). The number of halogens is 1. The summed E-state index contributed by atoms with van der Waals surface area (Å²) in [7, 11) is 0. The van der Waals surface area contributed by atoms with Crippen molar-refractivity contribution in [2.75, 3.05) is 39.4 Å². The average Bonchev–Trinajstić information content (AvgIpc) is 3.04. The number of morpholine rings is 1. The Labute approximate surface area is 185 Å². The zero-order valence-corrected chi connectivity index (χ0v) is 17.6. The number of benzene rings is 2. The number of aromatic hydroxyl groups is 1. The summed E-state index contributed by atoms with van der Waals surface area (Å²) in [6, 6.07) is 12.0. The van der Waals surface area contributed by atoms with Crippen molar-refractivity contribution >= 4 is 29.1 Å². The minimum atomic E-state index is -0.752. The molecule has 1 atom stereocenters. The Kier molecular flexibility index (Phi) is 6.27. The zero-order valence-electron chi connectivity index (χ0n) is 16.8. The lowest BCUT2D eigenvalue weighted by molar-refractivity contribution is -0.140. The Morgan fingerprint density at radius 2 is 1.65 bits per heavy atom. The van der Waals surface area contributed by atoms with Crippen LogP contribution < -0.4 is 0 Å². The lowest BCUT2D eigenvalue weighted by Gasteiger charge is -2.31. The summed E-state index contributed by atoms with van der Waals surface area (Å²) in [5, 5.41) is 21.2. The number of ketones is 1. The van der Waals surface area contributed by atoms with Gasteiger partial charge in [0.05, 0.1) is 24.8 Å². The number of amides is 1. The van der Waals surface area contributed by atoms with E-state index in [0.29, 0.717) is 42.5 Å². The largest absolute Gasteiger partial charge is 0.508 e.